The van der Waals surface area contributed by atoms with Gasteiger partial charge in [0.1, 0.15) is 5.76 Å². The Morgan fingerprint density at radius 2 is 2.40 bits per heavy atom. The molecule has 0 amide bonds. The highest BCUT2D eigenvalue weighted by molar-refractivity contribution is 5.23. The Hall–Kier alpha value is -0.830. The molecule has 0 spiro atoms. The van der Waals surface area contributed by atoms with Crippen LogP contribution in [0.25, 0.3) is 0 Å². The van der Waals surface area contributed by atoms with Crippen LogP contribution in [0.5, 0.6) is 0 Å². The number of hydrogen-bond donors (Lipinski definition) is 1. The van der Waals surface area contributed by atoms with E-state index < -0.39 is 0 Å². The third-order valence-electron chi connectivity index (χ3n) is 3.09. The molecular formula is C12H20N2O. The molecule has 1 N–H and O–H groups in total. The summed E-state index contributed by atoms with van der Waals surface area (Å²) in [6, 6.07) is 0.426. The van der Waals surface area contributed by atoms with Crippen molar-refractivity contribution in [2.45, 2.75) is 46.1 Å². The number of hydrogen-bond acceptors (Lipinski definition) is 3. The van der Waals surface area contributed by atoms with E-state index in [1.807, 2.05) is 6.20 Å². The molecule has 3 nitrogen and oxygen atoms in total. The molecule has 1 heterocycles. The lowest BCUT2D eigenvalue weighted by atomic mass is 9.75. The van der Waals surface area contributed by atoms with Crippen LogP contribution in [0.15, 0.2) is 10.7 Å². The van der Waals surface area contributed by atoms with Crippen LogP contribution in [0, 0.1) is 5.41 Å². The minimum atomic E-state index is 0.317. The molecule has 1 aromatic rings. The fourth-order valence-corrected chi connectivity index (χ4v) is 2.36. The van der Waals surface area contributed by atoms with Gasteiger partial charge in [-0.3, -0.25) is 0 Å². The van der Waals surface area contributed by atoms with Gasteiger partial charge in [0.2, 0.25) is 0 Å². The maximum Gasteiger partial charge on any atom is 0.142 e. The molecule has 0 saturated heterocycles. The minimum Gasteiger partial charge on any atom is -0.361 e. The molecule has 1 aromatic heterocycles. The number of aromatic nitrogens is 1. The molecule has 0 radical (unpaired) electrons. The summed E-state index contributed by atoms with van der Waals surface area (Å²) < 4.78 is 5.31. The topological polar surface area (TPSA) is 38.1 Å². The van der Waals surface area contributed by atoms with Crippen molar-refractivity contribution >= 4 is 0 Å². The molecule has 0 saturated carbocycles. The predicted molar refractivity (Wildman–Crippen MR) is 59.6 cm³/mol. The van der Waals surface area contributed by atoms with Gasteiger partial charge in [0, 0.05) is 18.0 Å². The van der Waals surface area contributed by atoms with Gasteiger partial charge >= 0.3 is 0 Å². The third-order valence-corrected chi connectivity index (χ3v) is 3.09. The van der Waals surface area contributed by atoms with Crippen molar-refractivity contribution in [3.8, 4) is 0 Å². The summed E-state index contributed by atoms with van der Waals surface area (Å²) in [7, 11) is 0. The molecule has 0 aromatic carbocycles. The van der Waals surface area contributed by atoms with Crippen LogP contribution in [0.2, 0.25) is 0 Å². The number of rotatable bonds is 3. The lowest BCUT2D eigenvalue weighted by Crippen LogP contribution is -2.33. The smallest absolute Gasteiger partial charge is 0.142 e. The highest BCUT2D eigenvalue weighted by atomic mass is 16.5. The van der Waals surface area contributed by atoms with E-state index >= 15 is 0 Å². The third kappa shape index (κ3) is 2.23. The van der Waals surface area contributed by atoms with Gasteiger partial charge in [-0.25, -0.2) is 0 Å². The van der Waals surface area contributed by atoms with E-state index in [1.54, 1.807) is 0 Å². The maximum atomic E-state index is 5.31. The number of nitrogens with zero attached hydrogens (tertiary/aromatic N) is 1. The summed E-state index contributed by atoms with van der Waals surface area (Å²) in [4.78, 5) is 0. The summed E-state index contributed by atoms with van der Waals surface area (Å²) in [5, 5.41) is 7.48. The van der Waals surface area contributed by atoms with Crippen LogP contribution in [0.1, 0.15) is 51.0 Å². The van der Waals surface area contributed by atoms with Gasteiger partial charge in [0.15, 0.2) is 0 Å². The first-order valence-corrected chi connectivity index (χ1v) is 5.79. The fourth-order valence-electron chi connectivity index (χ4n) is 2.36. The first-order valence-electron chi connectivity index (χ1n) is 5.79. The molecule has 0 fully saturated rings. The molecule has 15 heavy (non-hydrogen) atoms. The Labute approximate surface area is 91.2 Å². The van der Waals surface area contributed by atoms with Crippen LogP contribution in [0.4, 0.5) is 0 Å². The molecular weight excluding hydrogens is 188 g/mol. The molecule has 3 heteroatoms. The summed E-state index contributed by atoms with van der Waals surface area (Å²) >= 11 is 0. The second-order valence-electron chi connectivity index (χ2n) is 5.26. The lowest BCUT2D eigenvalue weighted by molar-refractivity contribution is 0.225. The van der Waals surface area contributed by atoms with Crippen molar-refractivity contribution in [3.63, 3.8) is 0 Å². The first-order chi connectivity index (χ1) is 7.12. The van der Waals surface area contributed by atoms with E-state index in [4.69, 9.17) is 4.52 Å². The molecule has 2 rings (SSSR count). The van der Waals surface area contributed by atoms with Gasteiger partial charge in [-0.2, -0.15) is 0 Å². The molecule has 1 aliphatic rings. The highest BCUT2D eigenvalue weighted by Gasteiger charge is 2.34. The second kappa shape index (κ2) is 3.97. The second-order valence-corrected chi connectivity index (χ2v) is 5.26. The Kier molecular flexibility index (Phi) is 2.83. The van der Waals surface area contributed by atoms with Gasteiger partial charge in [0.25, 0.3) is 0 Å². The first kappa shape index (κ1) is 10.7. The normalized spacial score (nSPS) is 23.8. The van der Waals surface area contributed by atoms with Crippen molar-refractivity contribution < 1.29 is 4.52 Å². The number of fused-ring (bicyclic) bond motifs is 1. The van der Waals surface area contributed by atoms with E-state index in [0.717, 1.165) is 25.1 Å². The van der Waals surface area contributed by atoms with Gasteiger partial charge in [0.05, 0.1) is 6.20 Å². The zero-order chi connectivity index (χ0) is 10.9. The Bertz CT molecular complexity index is 330. The van der Waals surface area contributed by atoms with Crippen molar-refractivity contribution in [2.75, 3.05) is 6.54 Å². The fraction of sp³-hybridized carbons (Fsp3) is 0.750. The zero-order valence-corrected chi connectivity index (χ0v) is 9.84. The van der Waals surface area contributed by atoms with Crippen LogP contribution in [0.3, 0.4) is 0 Å². The molecule has 0 aliphatic heterocycles. The highest BCUT2D eigenvalue weighted by Crippen LogP contribution is 2.40. The minimum absolute atomic E-state index is 0.317. The number of nitrogens with one attached hydrogen (secondary N) is 1. The van der Waals surface area contributed by atoms with Crippen LogP contribution < -0.4 is 5.32 Å². The van der Waals surface area contributed by atoms with E-state index in [9.17, 15) is 0 Å². The van der Waals surface area contributed by atoms with Crippen molar-refractivity contribution in [3.05, 3.63) is 17.5 Å². The predicted octanol–water partition coefficient (Wildman–Crippen LogP) is 2.69. The van der Waals surface area contributed by atoms with E-state index in [-0.39, 0.29) is 0 Å². The van der Waals surface area contributed by atoms with Gasteiger partial charge in [-0.05, 0) is 24.8 Å². The summed E-state index contributed by atoms with van der Waals surface area (Å²) in [5.74, 6) is 1.07. The standard InChI is InChI=1S/C12H20N2O/c1-4-5-13-10-6-12(2,3)7-11-9(10)8-14-15-11/h8,10,13H,4-7H2,1-3H3. The Balaban J connectivity index is 2.18. The monoisotopic (exact) mass is 208 g/mol. The molecule has 84 valence electrons. The Morgan fingerprint density at radius 1 is 1.60 bits per heavy atom. The molecule has 0 bridgehead atoms. The van der Waals surface area contributed by atoms with Crippen molar-refractivity contribution in [1.29, 1.82) is 0 Å². The molecule has 1 atom stereocenters. The maximum absolute atomic E-state index is 5.31. The summed E-state index contributed by atoms with van der Waals surface area (Å²) in [6.45, 7) is 7.83. The Morgan fingerprint density at radius 3 is 3.13 bits per heavy atom. The van der Waals surface area contributed by atoms with Crippen LogP contribution >= 0.6 is 0 Å². The summed E-state index contributed by atoms with van der Waals surface area (Å²) in [5.41, 5.74) is 1.58. The zero-order valence-electron chi connectivity index (χ0n) is 9.84. The van der Waals surface area contributed by atoms with Crippen molar-refractivity contribution in [1.82, 2.24) is 10.5 Å². The average Bonchev–Trinajstić information content (AvgIpc) is 2.59. The van der Waals surface area contributed by atoms with Gasteiger partial charge in [-0.15, -0.1) is 0 Å². The summed E-state index contributed by atoms with van der Waals surface area (Å²) in [6.07, 6.45) is 5.21. The molecule has 1 unspecified atom stereocenters. The van der Waals surface area contributed by atoms with Gasteiger partial charge in [-0.1, -0.05) is 25.9 Å². The van der Waals surface area contributed by atoms with Crippen LogP contribution in [-0.4, -0.2) is 11.7 Å². The molecule has 1 aliphatic carbocycles. The van der Waals surface area contributed by atoms with Crippen molar-refractivity contribution in [2.24, 2.45) is 5.41 Å². The van der Waals surface area contributed by atoms with Crippen LogP contribution in [-0.2, 0) is 6.42 Å². The SMILES string of the molecule is CCCNC1CC(C)(C)Cc2oncc21. The lowest BCUT2D eigenvalue weighted by Gasteiger charge is -2.34. The van der Waals surface area contributed by atoms with E-state index in [1.165, 1.54) is 12.0 Å². The average molecular weight is 208 g/mol. The van der Waals surface area contributed by atoms with E-state index in [0.29, 0.717) is 11.5 Å². The largest absolute Gasteiger partial charge is 0.361 e. The quantitative estimate of drug-likeness (QED) is 0.830. The van der Waals surface area contributed by atoms with E-state index in [2.05, 4.69) is 31.2 Å². The van der Waals surface area contributed by atoms with Gasteiger partial charge < -0.3 is 9.84 Å².